The normalized spacial score (nSPS) is 12.0. The van der Waals surface area contributed by atoms with E-state index in [1.165, 1.54) is 154 Å². The van der Waals surface area contributed by atoms with E-state index in [0.29, 0.717) is 12.8 Å². The molecule has 0 aliphatic heterocycles. The number of carboxylic acids is 1. The van der Waals surface area contributed by atoms with Crippen molar-refractivity contribution < 1.29 is 19.4 Å². The molecule has 0 aliphatic rings. The smallest absolute Gasteiger partial charge is 0.306 e. The Bertz CT molecular complexity index is 561. The van der Waals surface area contributed by atoms with Crippen molar-refractivity contribution in [3.63, 3.8) is 0 Å². The van der Waals surface area contributed by atoms with Gasteiger partial charge in [0.15, 0.2) is 0 Å². The molecule has 0 rings (SSSR count). The van der Waals surface area contributed by atoms with Gasteiger partial charge in [0.05, 0.1) is 0 Å². The maximum absolute atomic E-state index is 12.6. The van der Waals surface area contributed by atoms with Gasteiger partial charge in [-0.3, -0.25) is 9.59 Å². The average molecular weight is 595 g/mol. The summed E-state index contributed by atoms with van der Waals surface area (Å²) in [5.74, 6) is -0.631. The van der Waals surface area contributed by atoms with Crippen LogP contribution in [0, 0.1) is 0 Å². The third-order valence-corrected chi connectivity index (χ3v) is 8.83. The molecule has 0 fully saturated rings. The van der Waals surface area contributed by atoms with Crippen LogP contribution in [0.3, 0.4) is 0 Å². The first-order valence-corrected chi connectivity index (χ1v) is 19.0. The van der Waals surface area contributed by atoms with E-state index < -0.39 is 5.97 Å². The summed E-state index contributed by atoms with van der Waals surface area (Å²) < 4.78 is 6.03. The number of hydrogen-bond acceptors (Lipinski definition) is 3. The van der Waals surface area contributed by atoms with Gasteiger partial charge in [0, 0.05) is 12.8 Å². The van der Waals surface area contributed by atoms with Crippen LogP contribution in [0.1, 0.15) is 226 Å². The monoisotopic (exact) mass is 595 g/mol. The molecule has 4 heteroatoms. The summed E-state index contributed by atoms with van der Waals surface area (Å²) in [7, 11) is 0. The fourth-order valence-electron chi connectivity index (χ4n) is 6.01. The first-order chi connectivity index (χ1) is 20.6. The molecule has 1 atom stereocenters. The van der Waals surface area contributed by atoms with Crippen LogP contribution in [0.25, 0.3) is 0 Å². The Kier molecular flexibility index (Phi) is 33.6. The Hall–Kier alpha value is -1.06. The summed E-state index contributed by atoms with van der Waals surface area (Å²) in [4.78, 5) is 23.2. The van der Waals surface area contributed by atoms with E-state index in [1.54, 1.807) is 0 Å². The summed E-state index contributed by atoms with van der Waals surface area (Å²) in [5.41, 5.74) is 0. The van der Waals surface area contributed by atoms with Crippen molar-refractivity contribution in [2.24, 2.45) is 0 Å². The lowest BCUT2D eigenvalue weighted by Gasteiger charge is -2.18. The van der Waals surface area contributed by atoms with Crippen molar-refractivity contribution in [2.45, 2.75) is 232 Å². The molecule has 0 aromatic carbocycles. The van der Waals surface area contributed by atoms with E-state index in [0.717, 1.165) is 44.9 Å². The molecule has 0 aromatic rings. The lowest BCUT2D eigenvalue weighted by Crippen LogP contribution is -2.18. The predicted octanol–water partition coefficient (Wildman–Crippen LogP) is 12.9. The van der Waals surface area contributed by atoms with Gasteiger partial charge in [-0.1, -0.05) is 174 Å². The fraction of sp³-hybridized carbons (Fsp3) is 0.947. The second-order valence-electron chi connectivity index (χ2n) is 13.1. The van der Waals surface area contributed by atoms with Gasteiger partial charge in [-0.05, 0) is 38.5 Å². The van der Waals surface area contributed by atoms with Crippen molar-refractivity contribution in [3.8, 4) is 0 Å². The molecular formula is C38H74O4. The number of carboxylic acid groups (broad SMARTS) is 1. The zero-order chi connectivity index (χ0) is 30.8. The molecular weight excluding hydrogens is 520 g/mol. The maximum Gasteiger partial charge on any atom is 0.306 e. The van der Waals surface area contributed by atoms with Crippen molar-refractivity contribution in [1.82, 2.24) is 0 Å². The van der Waals surface area contributed by atoms with Crippen LogP contribution in [-0.2, 0) is 14.3 Å². The van der Waals surface area contributed by atoms with Gasteiger partial charge >= 0.3 is 11.9 Å². The second-order valence-corrected chi connectivity index (χ2v) is 13.1. The van der Waals surface area contributed by atoms with E-state index in [1.807, 2.05) is 0 Å². The quantitative estimate of drug-likeness (QED) is 0.0585. The van der Waals surface area contributed by atoms with Gasteiger partial charge in [0.25, 0.3) is 0 Å². The highest BCUT2D eigenvalue weighted by atomic mass is 16.5. The van der Waals surface area contributed by atoms with Gasteiger partial charge < -0.3 is 9.84 Å². The molecule has 1 unspecified atom stereocenters. The Labute approximate surface area is 262 Å². The number of unbranched alkanes of at least 4 members (excludes halogenated alkanes) is 26. The van der Waals surface area contributed by atoms with Crippen molar-refractivity contribution in [1.29, 1.82) is 0 Å². The third kappa shape index (κ3) is 33.4. The molecule has 250 valence electrons. The molecule has 0 radical (unpaired) electrons. The number of aliphatic carboxylic acids is 1. The number of carbonyl (C=O) groups is 2. The van der Waals surface area contributed by atoms with E-state index in [2.05, 4.69) is 13.8 Å². The molecule has 0 heterocycles. The predicted molar refractivity (Wildman–Crippen MR) is 181 cm³/mol. The van der Waals surface area contributed by atoms with Crippen molar-refractivity contribution in [3.05, 3.63) is 0 Å². The van der Waals surface area contributed by atoms with Crippen molar-refractivity contribution >= 4 is 11.9 Å². The third-order valence-electron chi connectivity index (χ3n) is 8.83. The highest BCUT2D eigenvalue weighted by Gasteiger charge is 2.14. The van der Waals surface area contributed by atoms with Gasteiger partial charge in [-0.25, -0.2) is 0 Å². The summed E-state index contributed by atoms with van der Waals surface area (Å²) in [6.45, 7) is 4.55. The first-order valence-electron chi connectivity index (χ1n) is 19.0. The Morgan fingerprint density at radius 2 is 0.714 bits per heavy atom. The maximum atomic E-state index is 12.6. The standard InChI is InChI=1S/C38H74O4/c1-3-5-7-9-11-13-14-19-23-27-31-35-38(41)42-36(32-28-24-20-12-10-8-6-4-2)33-29-25-21-17-15-16-18-22-26-30-34-37(39)40/h36H,3-35H2,1-2H3,(H,39,40). The molecule has 0 bridgehead atoms. The van der Waals surface area contributed by atoms with E-state index in [4.69, 9.17) is 9.84 Å². The minimum Gasteiger partial charge on any atom is -0.481 e. The van der Waals surface area contributed by atoms with Crippen LogP contribution in [0.4, 0.5) is 0 Å². The number of hydrogen-bond donors (Lipinski definition) is 1. The zero-order valence-electron chi connectivity index (χ0n) is 28.6. The Morgan fingerprint density at radius 3 is 1.05 bits per heavy atom. The largest absolute Gasteiger partial charge is 0.481 e. The number of esters is 1. The number of ether oxygens (including phenoxy) is 1. The lowest BCUT2D eigenvalue weighted by atomic mass is 10.0. The Morgan fingerprint density at radius 1 is 0.429 bits per heavy atom. The first kappa shape index (κ1) is 40.9. The molecule has 0 aliphatic carbocycles. The summed E-state index contributed by atoms with van der Waals surface area (Å²) >= 11 is 0. The fourth-order valence-corrected chi connectivity index (χ4v) is 6.01. The molecule has 0 saturated heterocycles. The lowest BCUT2D eigenvalue weighted by molar-refractivity contribution is -0.150. The van der Waals surface area contributed by atoms with Gasteiger partial charge in [0.1, 0.15) is 6.10 Å². The van der Waals surface area contributed by atoms with Gasteiger partial charge in [0.2, 0.25) is 0 Å². The topological polar surface area (TPSA) is 63.6 Å². The van der Waals surface area contributed by atoms with E-state index >= 15 is 0 Å². The van der Waals surface area contributed by atoms with Crippen molar-refractivity contribution in [2.75, 3.05) is 0 Å². The van der Waals surface area contributed by atoms with Crippen LogP contribution in [-0.4, -0.2) is 23.1 Å². The number of carbonyl (C=O) groups excluding carboxylic acids is 1. The molecule has 0 spiro atoms. The summed E-state index contributed by atoms with van der Waals surface area (Å²) in [6.07, 6.45) is 39.8. The highest BCUT2D eigenvalue weighted by Crippen LogP contribution is 2.19. The van der Waals surface area contributed by atoms with Gasteiger partial charge in [-0.2, -0.15) is 0 Å². The van der Waals surface area contributed by atoms with Crippen LogP contribution in [0.15, 0.2) is 0 Å². The molecule has 4 nitrogen and oxygen atoms in total. The van der Waals surface area contributed by atoms with Crippen LogP contribution >= 0.6 is 0 Å². The van der Waals surface area contributed by atoms with Crippen LogP contribution in [0.2, 0.25) is 0 Å². The highest BCUT2D eigenvalue weighted by molar-refractivity contribution is 5.69. The molecule has 0 amide bonds. The average Bonchev–Trinajstić information content (AvgIpc) is 2.97. The second kappa shape index (κ2) is 34.4. The minimum absolute atomic E-state index is 0.0406. The van der Waals surface area contributed by atoms with Crippen LogP contribution < -0.4 is 0 Å². The summed E-state index contributed by atoms with van der Waals surface area (Å²) in [5, 5.41) is 8.70. The molecule has 1 N–H and O–H groups in total. The summed E-state index contributed by atoms with van der Waals surface area (Å²) in [6, 6.07) is 0. The van der Waals surface area contributed by atoms with E-state index in [-0.39, 0.29) is 12.1 Å². The molecule has 42 heavy (non-hydrogen) atoms. The number of rotatable bonds is 35. The zero-order valence-corrected chi connectivity index (χ0v) is 28.6. The molecule has 0 saturated carbocycles. The van der Waals surface area contributed by atoms with Gasteiger partial charge in [-0.15, -0.1) is 0 Å². The molecule has 0 aromatic heterocycles. The Balaban J connectivity index is 4.01. The van der Waals surface area contributed by atoms with E-state index in [9.17, 15) is 9.59 Å². The SMILES string of the molecule is CCCCCCCCCCCCCC(=O)OC(CCCCCCCCCC)CCCCCCCCCCCCC(=O)O. The van der Waals surface area contributed by atoms with Crippen LogP contribution in [0.5, 0.6) is 0 Å². The minimum atomic E-state index is -0.672.